The Bertz CT molecular complexity index is 1000. The Balaban J connectivity index is 1.58. The van der Waals surface area contributed by atoms with Crippen molar-refractivity contribution in [3.63, 3.8) is 0 Å². The molecule has 0 radical (unpaired) electrons. The van der Waals surface area contributed by atoms with Gasteiger partial charge in [-0.1, -0.05) is 24.3 Å². The predicted molar refractivity (Wildman–Crippen MR) is 108 cm³/mol. The molecule has 1 saturated heterocycles. The van der Waals surface area contributed by atoms with Crippen molar-refractivity contribution in [3.05, 3.63) is 65.4 Å². The number of piperidine rings is 1. The molecule has 0 bridgehead atoms. The first kappa shape index (κ1) is 16.2. The Labute approximate surface area is 158 Å². The molecule has 2 aromatic carbocycles. The fourth-order valence-corrected chi connectivity index (χ4v) is 4.65. The number of nitrogens with zero attached hydrogens (tertiary/aromatic N) is 2. The van der Waals surface area contributed by atoms with Crippen LogP contribution in [0.2, 0.25) is 0 Å². The van der Waals surface area contributed by atoms with Gasteiger partial charge < -0.3 is 20.5 Å². The normalized spacial score (nSPS) is 19.5. The fraction of sp³-hybridized carbons (Fsp3) is 0.318. The lowest BCUT2D eigenvalue weighted by molar-refractivity contribution is 0.199. The molecular formula is C22H24N4O. The van der Waals surface area contributed by atoms with Gasteiger partial charge in [0.05, 0.1) is 6.04 Å². The first-order chi connectivity index (χ1) is 13.2. The third-order valence-electron chi connectivity index (χ3n) is 5.99. The molecule has 138 valence electrons. The van der Waals surface area contributed by atoms with Gasteiger partial charge >= 0.3 is 6.03 Å². The van der Waals surface area contributed by atoms with Crippen LogP contribution in [0, 0.1) is 0 Å². The number of carbonyl (C=O) groups is 1. The molecule has 5 nitrogen and oxygen atoms in total. The summed E-state index contributed by atoms with van der Waals surface area (Å²) in [6, 6.07) is 14.3. The molecule has 2 aliphatic rings. The van der Waals surface area contributed by atoms with Crippen molar-refractivity contribution >= 4 is 22.6 Å². The lowest BCUT2D eigenvalue weighted by atomic mass is 9.96. The van der Waals surface area contributed by atoms with Crippen LogP contribution in [0.4, 0.5) is 10.5 Å². The zero-order valence-corrected chi connectivity index (χ0v) is 15.3. The van der Waals surface area contributed by atoms with Crippen molar-refractivity contribution in [3.8, 4) is 0 Å². The number of urea groups is 1. The van der Waals surface area contributed by atoms with Gasteiger partial charge in [0.1, 0.15) is 0 Å². The molecule has 0 saturated carbocycles. The number of H-pyrrole nitrogens is 1. The number of aromatic nitrogens is 1. The van der Waals surface area contributed by atoms with Gasteiger partial charge in [0.2, 0.25) is 0 Å². The summed E-state index contributed by atoms with van der Waals surface area (Å²) < 4.78 is 0. The lowest BCUT2D eigenvalue weighted by Crippen LogP contribution is -2.34. The van der Waals surface area contributed by atoms with Gasteiger partial charge in [0.25, 0.3) is 0 Å². The predicted octanol–water partition coefficient (Wildman–Crippen LogP) is 4.14. The van der Waals surface area contributed by atoms with E-state index in [1.165, 1.54) is 36.1 Å². The number of carbonyl (C=O) groups excluding carboxylic acids is 1. The van der Waals surface area contributed by atoms with Gasteiger partial charge in [-0.25, -0.2) is 4.79 Å². The number of aromatic amines is 1. The number of nitrogens with two attached hydrogens (primary N) is 1. The van der Waals surface area contributed by atoms with Crippen LogP contribution < -0.4 is 10.6 Å². The molecule has 3 N–H and O–H groups in total. The number of nitrogens with one attached hydrogen (secondary N) is 1. The SMILES string of the molecule is NC(=O)N1Cc2cc(N3CCCCC3)ccc2C1c1c[nH]c2ccccc12. The number of anilines is 1. The average molecular weight is 360 g/mol. The third-order valence-corrected chi connectivity index (χ3v) is 5.99. The lowest BCUT2D eigenvalue weighted by Gasteiger charge is -2.29. The molecule has 1 atom stereocenters. The second-order valence-corrected chi connectivity index (χ2v) is 7.59. The van der Waals surface area contributed by atoms with E-state index in [2.05, 4.69) is 40.2 Å². The second kappa shape index (κ2) is 6.34. The maximum atomic E-state index is 12.2. The quantitative estimate of drug-likeness (QED) is 0.721. The third kappa shape index (κ3) is 2.65. The highest BCUT2D eigenvalue weighted by Crippen LogP contribution is 2.42. The van der Waals surface area contributed by atoms with E-state index < -0.39 is 0 Å². The minimum absolute atomic E-state index is 0.135. The van der Waals surface area contributed by atoms with E-state index in [-0.39, 0.29) is 12.1 Å². The van der Waals surface area contributed by atoms with E-state index in [9.17, 15) is 4.79 Å². The summed E-state index contributed by atoms with van der Waals surface area (Å²) in [4.78, 5) is 19.8. The maximum absolute atomic E-state index is 12.2. The Kier molecular flexibility index (Phi) is 3.81. The highest BCUT2D eigenvalue weighted by Gasteiger charge is 2.35. The van der Waals surface area contributed by atoms with Crippen LogP contribution in [-0.2, 0) is 6.54 Å². The molecule has 0 spiro atoms. The first-order valence-corrected chi connectivity index (χ1v) is 9.72. The Morgan fingerprint density at radius 2 is 1.85 bits per heavy atom. The standard InChI is InChI=1S/C22H24N4O/c23-22(27)26-14-15-12-16(25-10-4-1-5-11-25)8-9-17(15)21(26)19-13-24-20-7-3-2-6-18(19)20/h2-3,6-9,12-13,21,24H,1,4-5,10-11,14H2,(H2,23,27). The minimum atomic E-state index is -0.374. The number of primary amides is 1. The van der Waals surface area contributed by atoms with Crippen molar-refractivity contribution in [2.75, 3.05) is 18.0 Å². The van der Waals surface area contributed by atoms with E-state index in [0.717, 1.165) is 29.6 Å². The largest absolute Gasteiger partial charge is 0.372 e. The Morgan fingerprint density at radius 3 is 2.67 bits per heavy atom. The van der Waals surface area contributed by atoms with Crippen LogP contribution in [0.1, 0.15) is 42.0 Å². The van der Waals surface area contributed by atoms with E-state index in [1.807, 2.05) is 18.3 Å². The van der Waals surface area contributed by atoms with Crippen LogP contribution in [-0.4, -0.2) is 29.0 Å². The van der Waals surface area contributed by atoms with E-state index in [4.69, 9.17) is 5.73 Å². The summed E-state index contributed by atoms with van der Waals surface area (Å²) in [6.45, 7) is 2.80. The molecule has 2 aliphatic heterocycles. The molecule has 1 fully saturated rings. The molecule has 3 heterocycles. The molecule has 0 aliphatic carbocycles. The topological polar surface area (TPSA) is 65.4 Å². The van der Waals surface area contributed by atoms with E-state index in [0.29, 0.717) is 6.54 Å². The maximum Gasteiger partial charge on any atom is 0.315 e. The highest BCUT2D eigenvalue weighted by atomic mass is 16.2. The summed E-state index contributed by atoms with van der Waals surface area (Å²) in [5.74, 6) is 0. The van der Waals surface area contributed by atoms with Crippen LogP contribution >= 0.6 is 0 Å². The van der Waals surface area contributed by atoms with Crippen molar-refractivity contribution in [2.45, 2.75) is 31.8 Å². The van der Waals surface area contributed by atoms with E-state index >= 15 is 0 Å². The van der Waals surface area contributed by atoms with Crippen LogP contribution in [0.5, 0.6) is 0 Å². The van der Waals surface area contributed by atoms with Crippen molar-refractivity contribution < 1.29 is 4.79 Å². The number of rotatable bonds is 2. The van der Waals surface area contributed by atoms with Gasteiger partial charge in [0, 0.05) is 48.0 Å². The molecule has 3 aromatic rings. The van der Waals surface area contributed by atoms with Gasteiger partial charge in [-0.05, 0) is 48.6 Å². The van der Waals surface area contributed by atoms with Crippen LogP contribution in [0.3, 0.4) is 0 Å². The van der Waals surface area contributed by atoms with Gasteiger partial charge in [0.15, 0.2) is 0 Å². The Morgan fingerprint density at radius 1 is 1.04 bits per heavy atom. The molecular weight excluding hydrogens is 336 g/mol. The van der Waals surface area contributed by atoms with Crippen molar-refractivity contribution in [1.29, 1.82) is 0 Å². The van der Waals surface area contributed by atoms with Crippen molar-refractivity contribution in [2.24, 2.45) is 5.73 Å². The van der Waals surface area contributed by atoms with Gasteiger partial charge in [-0.3, -0.25) is 0 Å². The summed E-state index contributed by atoms with van der Waals surface area (Å²) >= 11 is 0. The molecule has 5 heteroatoms. The molecule has 2 amide bonds. The fourth-order valence-electron chi connectivity index (χ4n) is 4.65. The number of amides is 2. The summed E-state index contributed by atoms with van der Waals surface area (Å²) in [5, 5.41) is 1.14. The average Bonchev–Trinajstić information content (AvgIpc) is 3.29. The van der Waals surface area contributed by atoms with Crippen LogP contribution in [0.15, 0.2) is 48.7 Å². The highest BCUT2D eigenvalue weighted by molar-refractivity contribution is 5.85. The molecule has 5 rings (SSSR count). The summed E-state index contributed by atoms with van der Waals surface area (Å²) in [5.41, 5.74) is 11.6. The number of fused-ring (bicyclic) bond motifs is 2. The zero-order valence-electron chi connectivity index (χ0n) is 15.3. The summed E-state index contributed by atoms with van der Waals surface area (Å²) in [6.07, 6.45) is 5.84. The number of hydrogen-bond acceptors (Lipinski definition) is 2. The summed E-state index contributed by atoms with van der Waals surface area (Å²) in [7, 11) is 0. The molecule has 1 aromatic heterocycles. The first-order valence-electron chi connectivity index (χ1n) is 9.72. The van der Waals surface area contributed by atoms with Gasteiger partial charge in [-0.15, -0.1) is 0 Å². The van der Waals surface area contributed by atoms with Crippen LogP contribution in [0.25, 0.3) is 10.9 Å². The minimum Gasteiger partial charge on any atom is -0.372 e. The number of hydrogen-bond donors (Lipinski definition) is 2. The van der Waals surface area contributed by atoms with Gasteiger partial charge in [-0.2, -0.15) is 0 Å². The number of para-hydroxylation sites is 1. The molecule has 27 heavy (non-hydrogen) atoms. The number of benzene rings is 2. The Hall–Kier alpha value is -2.95. The zero-order chi connectivity index (χ0) is 18.4. The molecule has 1 unspecified atom stereocenters. The smallest absolute Gasteiger partial charge is 0.315 e. The van der Waals surface area contributed by atoms with E-state index in [1.54, 1.807) is 4.90 Å². The monoisotopic (exact) mass is 360 g/mol. The van der Waals surface area contributed by atoms with Crippen molar-refractivity contribution in [1.82, 2.24) is 9.88 Å². The second-order valence-electron chi connectivity index (χ2n) is 7.59.